The van der Waals surface area contributed by atoms with E-state index in [1.165, 1.54) is 6.92 Å². The van der Waals surface area contributed by atoms with Crippen molar-refractivity contribution in [3.63, 3.8) is 0 Å². The van der Waals surface area contributed by atoms with E-state index in [-0.39, 0.29) is 30.3 Å². The van der Waals surface area contributed by atoms with Crippen LogP contribution >= 0.6 is 11.6 Å². The van der Waals surface area contributed by atoms with Gasteiger partial charge in [0.2, 0.25) is 11.8 Å². The Kier molecular flexibility index (Phi) is 7.07. The lowest BCUT2D eigenvalue weighted by atomic mass is 10.0. The van der Waals surface area contributed by atoms with Gasteiger partial charge in [-0.2, -0.15) is 0 Å². The number of halogens is 1. The summed E-state index contributed by atoms with van der Waals surface area (Å²) < 4.78 is 0. The molecule has 1 heterocycles. The number of carbonyl (C=O) groups is 2. The Bertz CT molecular complexity index is 1160. The van der Waals surface area contributed by atoms with E-state index < -0.39 is 6.04 Å². The summed E-state index contributed by atoms with van der Waals surface area (Å²) in [5.74, 6) is 0.0101. The number of aromatic nitrogens is 2. The van der Waals surface area contributed by atoms with E-state index in [1.807, 2.05) is 38.1 Å². The molecule has 3 rings (SSSR count). The van der Waals surface area contributed by atoms with Crippen molar-refractivity contribution in [3.8, 4) is 0 Å². The molecule has 0 radical (unpaired) electrons. The number of rotatable bonds is 7. The van der Waals surface area contributed by atoms with Gasteiger partial charge < -0.3 is 15.2 Å². The largest absolute Gasteiger partial charge is 0.349 e. The highest BCUT2D eigenvalue weighted by Gasteiger charge is 2.21. The minimum Gasteiger partial charge on any atom is -0.349 e. The molecule has 0 spiro atoms. The fourth-order valence-corrected chi connectivity index (χ4v) is 3.56. The van der Waals surface area contributed by atoms with Crippen molar-refractivity contribution in [1.82, 2.24) is 20.2 Å². The van der Waals surface area contributed by atoms with Crippen molar-refractivity contribution in [2.75, 3.05) is 6.54 Å². The molecule has 0 fully saturated rings. The Morgan fingerprint density at radius 2 is 1.90 bits per heavy atom. The molecule has 0 aliphatic heterocycles. The standard InChI is InChI=1S/C23H25ClN4O3/c1-4-28(13-21-26-20-11-17(24)9-10-18(20)23(31)27-21)22(30)12-19(25-15(3)29)16-7-5-14(2)6-8-16/h5-11,19H,4,12-13H2,1-3H3,(H,25,29)(H,26,27,31). The molecule has 1 unspecified atom stereocenters. The minimum absolute atomic E-state index is 0.0973. The summed E-state index contributed by atoms with van der Waals surface area (Å²) in [4.78, 5) is 45.9. The van der Waals surface area contributed by atoms with Crippen LogP contribution in [-0.4, -0.2) is 33.2 Å². The number of hydrogen-bond donors (Lipinski definition) is 2. The molecule has 2 aromatic carbocycles. The first-order valence-electron chi connectivity index (χ1n) is 10.1. The molecule has 1 atom stereocenters. The average molecular weight is 441 g/mol. The molecule has 2 amide bonds. The molecule has 7 nitrogen and oxygen atoms in total. The van der Waals surface area contributed by atoms with E-state index >= 15 is 0 Å². The van der Waals surface area contributed by atoms with Crippen LogP contribution in [0.3, 0.4) is 0 Å². The Hall–Kier alpha value is -3.19. The molecule has 0 bridgehead atoms. The Morgan fingerprint density at radius 3 is 2.55 bits per heavy atom. The van der Waals surface area contributed by atoms with Crippen molar-refractivity contribution in [1.29, 1.82) is 0 Å². The van der Waals surface area contributed by atoms with Crippen molar-refractivity contribution in [2.45, 2.75) is 39.8 Å². The summed E-state index contributed by atoms with van der Waals surface area (Å²) in [6, 6.07) is 12.1. The Balaban J connectivity index is 1.81. The van der Waals surface area contributed by atoms with Gasteiger partial charge in [0.25, 0.3) is 5.56 Å². The van der Waals surface area contributed by atoms with Crippen molar-refractivity contribution in [2.24, 2.45) is 0 Å². The maximum atomic E-state index is 13.0. The predicted octanol–water partition coefficient (Wildman–Crippen LogP) is 3.50. The monoisotopic (exact) mass is 440 g/mol. The van der Waals surface area contributed by atoms with Crippen molar-refractivity contribution < 1.29 is 9.59 Å². The SMILES string of the molecule is CCN(Cc1nc2cc(Cl)ccc2c(=O)[nH]1)C(=O)CC(NC(C)=O)c1ccc(C)cc1. The maximum Gasteiger partial charge on any atom is 0.258 e. The first-order valence-corrected chi connectivity index (χ1v) is 10.4. The molecule has 2 N–H and O–H groups in total. The van der Waals surface area contributed by atoms with Gasteiger partial charge in [0.15, 0.2) is 0 Å². The lowest BCUT2D eigenvalue weighted by molar-refractivity contribution is -0.132. The molecule has 3 aromatic rings. The zero-order chi connectivity index (χ0) is 22.5. The normalized spacial score (nSPS) is 11.9. The number of aromatic amines is 1. The first kappa shape index (κ1) is 22.5. The smallest absolute Gasteiger partial charge is 0.258 e. The number of hydrogen-bond acceptors (Lipinski definition) is 4. The molecule has 162 valence electrons. The number of aryl methyl sites for hydroxylation is 1. The second-order valence-electron chi connectivity index (χ2n) is 7.45. The van der Waals surface area contributed by atoms with E-state index in [9.17, 15) is 14.4 Å². The molecule has 8 heteroatoms. The molecule has 0 saturated heterocycles. The van der Waals surface area contributed by atoms with Gasteiger partial charge in [0.1, 0.15) is 5.82 Å². The lowest BCUT2D eigenvalue weighted by Crippen LogP contribution is -2.36. The Morgan fingerprint density at radius 1 is 1.19 bits per heavy atom. The van der Waals surface area contributed by atoms with Crippen LogP contribution in [0.4, 0.5) is 0 Å². The van der Waals surface area contributed by atoms with E-state index in [0.29, 0.717) is 28.3 Å². The first-order chi connectivity index (χ1) is 14.8. The zero-order valence-electron chi connectivity index (χ0n) is 17.7. The van der Waals surface area contributed by atoms with E-state index in [2.05, 4.69) is 15.3 Å². The van der Waals surface area contributed by atoms with Crippen LogP contribution in [0.2, 0.25) is 5.02 Å². The topological polar surface area (TPSA) is 95.2 Å². The third kappa shape index (κ3) is 5.70. The molecule has 0 saturated carbocycles. The third-order valence-corrected chi connectivity index (χ3v) is 5.26. The number of amides is 2. The summed E-state index contributed by atoms with van der Waals surface area (Å²) in [5, 5.41) is 3.77. The van der Waals surface area contributed by atoms with Gasteiger partial charge in [-0.05, 0) is 37.6 Å². The van der Waals surface area contributed by atoms with Gasteiger partial charge in [-0.25, -0.2) is 4.98 Å². The van der Waals surface area contributed by atoms with E-state index in [1.54, 1.807) is 23.1 Å². The fourth-order valence-electron chi connectivity index (χ4n) is 3.39. The molecule has 0 aliphatic rings. The third-order valence-electron chi connectivity index (χ3n) is 5.03. The van der Waals surface area contributed by atoms with Crippen LogP contribution in [0.1, 0.15) is 43.3 Å². The maximum absolute atomic E-state index is 13.0. The zero-order valence-corrected chi connectivity index (χ0v) is 18.5. The van der Waals surface area contributed by atoms with Gasteiger partial charge in [-0.15, -0.1) is 0 Å². The van der Waals surface area contributed by atoms with E-state index in [4.69, 9.17) is 11.6 Å². The highest BCUT2D eigenvalue weighted by atomic mass is 35.5. The summed E-state index contributed by atoms with van der Waals surface area (Å²) in [5.41, 5.74) is 2.15. The van der Waals surface area contributed by atoms with E-state index in [0.717, 1.165) is 11.1 Å². The highest BCUT2D eigenvalue weighted by molar-refractivity contribution is 6.31. The lowest BCUT2D eigenvalue weighted by Gasteiger charge is -2.24. The van der Waals surface area contributed by atoms with Gasteiger partial charge in [-0.3, -0.25) is 14.4 Å². The van der Waals surface area contributed by atoms with Crippen molar-refractivity contribution in [3.05, 3.63) is 74.8 Å². The Labute approximate surface area is 185 Å². The van der Waals surface area contributed by atoms with Gasteiger partial charge in [0, 0.05) is 18.5 Å². The van der Waals surface area contributed by atoms with Crippen LogP contribution in [0.5, 0.6) is 0 Å². The number of H-pyrrole nitrogens is 1. The van der Waals surface area contributed by atoms with Crippen LogP contribution < -0.4 is 10.9 Å². The highest BCUT2D eigenvalue weighted by Crippen LogP contribution is 2.20. The predicted molar refractivity (Wildman–Crippen MR) is 121 cm³/mol. The molecule has 0 aliphatic carbocycles. The van der Waals surface area contributed by atoms with Crippen LogP contribution in [0, 0.1) is 6.92 Å². The molecule has 31 heavy (non-hydrogen) atoms. The molecule has 1 aromatic heterocycles. The van der Waals surface area contributed by atoms with Gasteiger partial charge in [0.05, 0.1) is 29.9 Å². The average Bonchev–Trinajstić information content (AvgIpc) is 2.71. The minimum atomic E-state index is -0.443. The quantitative estimate of drug-likeness (QED) is 0.587. The number of fused-ring (bicyclic) bond motifs is 1. The summed E-state index contributed by atoms with van der Waals surface area (Å²) >= 11 is 6.02. The molecular formula is C23H25ClN4O3. The second kappa shape index (κ2) is 9.75. The number of nitrogens with one attached hydrogen (secondary N) is 2. The van der Waals surface area contributed by atoms with Crippen molar-refractivity contribution >= 4 is 34.3 Å². The fraction of sp³-hybridized carbons (Fsp3) is 0.304. The number of carbonyl (C=O) groups excluding carboxylic acids is 2. The van der Waals surface area contributed by atoms with Crippen LogP contribution in [-0.2, 0) is 16.1 Å². The van der Waals surface area contributed by atoms with Crippen LogP contribution in [0.15, 0.2) is 47.3 Å². The summed E-state index contributed by atoms with van der Waals surface area (Å²) in [6.07, 6.45) is 0.0973. The molecular weight excluding hydrogens is 416 g/mol. The summed E-state index contributed by atoms with van der Waals surface area (Å²) in [7, 11) is 0. The summed E-state index contributed by atoms with van der Waals surface area (Å²) in [6.45, 7) is 5.83. The van der Waals surface area contributed by atoms with Crippen LogP contribution in [0.25, 0.3) is 10.9 Å². The van der Waals surface area contributed by atoms with Gasteiger partial charge >= 0.3 is 0 Å². The number of nitrogens with zero attached hydrogens (tertiary/aromatic N) is 2. The number of benzene rings is 2. The second-order valence-corrected chi connectivity index (χ2v) is 7.89. The van der Waals surface area contributed by atoms with Gasteiger partial charge in [-0.1, -0.05) is 41.4 Å².